The molecule has 1 aromatic heterocycles. The number of nitrogens with one attached hydrogen (secondary N) is 2. The molecule has 7 heteroatoms. The van der Waals surface area contributed by atoms with E-state index in [1.54, 1.807) is 6.20 Å². The average molecular weight is 337 g/mol. The Kier molecular flexibility index (Phi) is 6.01. The maximum absolute atomic E-state index is 12.5. The summed E-state index contributed by atoms with van der Waals surface area (Å²) in [5.41, 5.74) is 8.26. The number of hydrogen-bond acceptors (Lipinski definition) is 4. The van der Waals surface area contributed by atoms with Crippen LogP contribution in [0, 0.1) is 0 Å². The number of hydrogen-bond donors (Lipinski definition) is 3. The minimum Gasteiger partial charge on any atom is -0.492 e. The first-order valence-corrected chi connectivity index (χ1v) is 7.54. The molecule has 1 amide bonds. The van der Waals surface area contributed by atoms with Gasteiger partial charge in [0.1, 0.15) is 12.4 Å². The smallest absolute Gasteiger partial charge is 0.232 e. The van der Waals surface area contributed by atoms with Gasteiger partial charge in [-0.2, -0.15) is 5.10 Å². The molecule has 2 aromatic rings. The van der Waals surface area contributed by atoms with Crippen molar-refractivity contribution >= 4 is 24.0 Å². The number of amides is 1. The second kappa shape index (κ2) is 7.99. The molecular formula is C16H21ClN4O2. The van der Waals surface area contributed by atoms with Crippen LogP contribution >= 0.6 is 12.4 Å². The monoisotopic (exact) mass is 336 g/mol. The minimum atomic E-state index is -0.129. The van der Waals surface area contributed by atoms with Gasteiger partial charge in [0.15, 0.2) is 0 Å². The number of aryl methyl sites for hydroxylation is 1. The lowest BCUT2D eigenvalue weighted by Crippen LogP contribution is -2.24. The van der Waals surface area contributed by atoms with Crippen LogP contribution < -0.4 is 15.8 Å². The van der Waals surface area contributed by atoms with E-state index >= 15 is 0 Å². The fraction of sp³-hybridized carbons (Fsp3) is 0.375. The third-order valence-corrected chi connectivity index (χ3v) is 3.87. The second-order valence-electron chi connectivity index (χ2n) is 5.40. The van der Waals surface area contributed by atoms with Gasteiger partial charge in [0.2, 0.25) is 5.91 Å². The van der Waals surface area contributed by atoms with E-state index in [4.69, 9.17) is 10.5 Å². The number of anilines is 1. The van der Waals surface area contributed by atoms with Crippen molar-refractivity contribution in [3.8, 4) is 5.75 Å². The fourth-order valence-electron chi connectivity index (χ4n) is 2.77. The minimum absolute atomic E-state index is 0. The molecule has 0 saturated heterocycles. The molecule has 0 aliphatic heterocycles. The maximum atomic E-state index is 12.5. The van der Waals surface area contributed by atoms with Crippen molar-refractivity contribution in [2.45, 2.75) is 25.2 Å². The number of aromatic nitrogens is 2. The van der Waals surface area contributed by atoms with Gasteiger partial charge in [-0.05, 0) is 43.5 Å². The topological polar surface area (TPSA) is 93.0 Å². The van der Waals surface area contributed by atoms with E-state index < -0.39 is 0 Å². The number of benzene rings is 1. The SMILES string of the molecule is Cl.NCCOc1ccc(NC(=O)C2CCCc3[nH]ncc32)cc1. The summed E-state index contributed by atoms with van der Waals surface area (Å²) in [6, 6.07) is 7.33. The van der Waals surface area contributed by atoms with Crippen LogP contribution in [0.4, 0.5) is 5.69 Å². The molecule has 1 aromatic carbocycles. The number of nitrogens with zero attached hydrogens (tertiary/aromatic N) is 1. The van der Waals surface area contributed by atoms with Gasteiger partial charge >= 0.3 is 0 Å². The Morgan fingerprint density at radius 2 is 2.17 bits per heavy atom. The molecule has 3 rings (SSSR count). The van der Waals surface area contributed by atoms with Crippen molar-refractivity contribution in [2.24, 2.45) is 5.73 Å². The van der Waals surface area contributed by atoms with E-state index in [2.05, 4.69) is 15.5 Å². The summed E-state index contributed by atoms with van der Waals surface area (Å²) < 4.78 is 5.42. The van der Waals surface area contributed by atoms with Crippen LogP contribution in [0.25, 0.3) is 0 Å². The highest BCUT2D eigenvalue weighted by Gasteiger charge is 2.27. The number of carbonyl (C=O) groups is 1. The van der Waals surface area contributed by atoms with Gasteiger partial charge in [-0.1, -0.05) is 0 Å². The molecule has 0 bridgehead atoms. The molecule has 4 N–H and O–H groups in total. The Hall–Kier alpha value is -2.05. The van der Waals surface area contributed by atoms with Gasteiger partial charge in [-0.25, -0.2) is 0 Å². The highest BCUT2D eigenvalue weighted by molar-refractivity contribution is 5.96. The summed E-state index contributed by atoms with van der Waals surface area (Å²) in [6.45, 7) is 0.963. The van der Waals surface area contributed by atoms with Crippen LogP contribution in [-0.2, 0) is 11.2 Å². The predicted molar refractivity (Wildman–Crippen MR) is 91.1 cm³/mol. The summed E-state index contributed by atoms with van der Waals surface area (Å²) in [4.78, 5) is 12.5. The summed E-state index contributed by atoms with van der Waals surface area (Å²) in [7, 11) is 0. The number of H-pyrrole nitrogens is 1. The normalized spacial score (nSPS) is 16.1. The Morgan fingerprint density at radius 1 is 1.39 bits per heavy atom. The first-order valence-electron chi connectivity index (χ1n) is 7.54. The third-order valence-electron chi connectivity index (χ3n) is 3.87. The van der Waals surface area contributed by atoms with Crippen molar-refractivity contribution in [1.82, 2.24) is 10.2 Å². The molecule has 1 unspecified atom stereocenters. The lowest BCUT2D eigenvalue weighted by atomic mass is 9.86. The zero-order valence-corrected chi connectivity index (χ0v) is 13.6. The molecular weight excluding hydrogens is 316 g/mol. The molecule has 124 valence electrons. The zero-order chi connectivity index (χ0) is 15.4. The van der Waals surface area contributed by atoms with Gasteiger partial charge in [-0.3, -0.25) is 9.89 Å². The maximum Gasteiger partial charge on any atom is 0.232 e. The van der Waals surface area contributed by atoms with Gasteiger partial charge in [-0.15, -0.1) is 12.4 Å². The van der Waals surface area contributed by atoms with Crippen LogP contribution in [0.2, 0.25) is 0 Å². The Morgan fingerprint density at radius 3 is 2.91 bits per heavy atom. The number of carbonyl (C=O) groups excluding carboxylic acids is 1. The van der Waals surface area contributed by atoms with Crippen LogP contribution in [0.1, 0.15) is 30.0 Å². The van der Waals surface area contributed by atoms with E-state index in [1.165, 1.54) is 0 Å². The lowest BCUT2D eigenvalue weighted by molar-refractivity contribution is -0.117. The van der Waals surface area contributed by atoms with Crippen LogP contribution in [0.15, 0.2) is 30.5 Å². The molecule has 0 radical (unpaired) electrons. The summed E-state index contributed by atoms with van der Waals surface area (Å²) in [6.07, 6.45) is 4.59. The fourth-order valence-corrected chi connectivity index (χ4v) is 2.77. The third kappa shape index (κ3) is 4.03. The highest BCUT2D eigenvalue weighted by Crippen LogP contribution is 2.31. The highest BCUT2D eigenvalue weighted by atomic mass is 35.5. The van der Waals surface area contributed by atoms with Gasteiger partial charge in [0.25, 0.3) is 0 Å². The van der Waals surface area contributed by atoms with Gasteiger partial charge in [0.05, 0.1) is 12.1 Å². The van der Waals surface area contributed by atoms with Crippen molar-refractivity contribution in [2.75, 3.05) is 18.5 Å². The number of halogens is 1. The first kappa shape index (κ1) is 17.3. The number of nitrogens with two attached hydrogens (primary N) is 1. The molecule has 0 spiro atoms. The zero-order valence-electron chi connectivity index (χ0n) is 12.7. The van der Waals surface area contributed by atoms with Crippen molar-refractivity contribution in [1.29, 1.82) is 0 Å². The number of aromatic amines is 1. The molecule has 1 aliphatic rings. The number of rotatable bonds is 5. The summed E-state index contributed by atoms with van der Waals surface area (Å²) in [5, 5.41) is 9.99. The second-order valence-corrected chi connectivity index (χ2v) is 5.40. The molecule has 6 nitrogen and oxygen atoms in total. The Bertz CT molecular complexity index is 642. The average Bonchev–Trinajstić information content (AvgIpc) is 3.02. The molecule has 23 heavy (non-hydrogen) atoms. The molecule has 0 saturated carbocycles. The van der Waals surface area contributed by atoms with E-state index in [9.17, 15) is 4.79 Å². The van der Waals surface area contributed by atoms with Gasteiger partial charge in [0, 0.05) is 23.5 Å². The van der Waals surface area contributed by atoms with E-state index in [0.29, 0.717) is 13.2 Å². The van der Waals surface area contributed by atoms with Crippen LogP contribution in [0.3, 0.4) is 0 Å². The van der Waals surface area contributed by atoms with E-state index in [0.717, 1.165) is 42.0 Å². The molecule has 1 aliphatic carbocycles. The van der Waals surface area contributed by atoms with Crippen molar-refractivity contribution in [3.05, 3.63) is 41.7 Å². The lowest BCUT2D eigenvalue weighted by Gasteiger charge is -2.21. The quantitative estimate of drug-likeness (QED) is 0.780. The molecule has 0 fully saturated rings. The standard InChI is InChI=1S/C16H20N4O2.ClH/c17-8-9-22-12-6-4-11(5-7-12)19-16(21)13-2-1-3-15-14(13)10-18-20-15;/h4-7,10,13H,1-3,8-9,17H2,(H,18,20)(H,19,21);1H. The van der Waals surface area contributed by atoms with Crippen LogP contribution in [-0.4, -0.2) is 29.3 Å². The van der Waals surface area contributed by atoms with Crippen molar-refractivity contribution < 1.29 is 9.53 Å². The molecule has 1 heterocycles. The van der Waals surface area contributed by atoms with E-state index in [1.807, 2.05) is 24.3 Å². The Labute approximate surface area is 141 Å². The Balaban J connectivity index is 0.00000192. The van der Waals surface area contributed by atoms with Crippen LogP contribution in [0.5, 0.6) is 5.75 Å². The summed E-state index contributed by atoms with van der Waals surface area (Å²) in [5.74, 6) is 0.631. The van der Waals surface area contributed by atoms with Crippen molar-refractivity contribution in [3.63, 3.8) is 0 Å². The summed E-state index contributed by atoms with van der Waals surface area (Å²) >= 11 is 0. The number of ether oxygens (including phenoxy) is 1. The van der Waals surface area contributed by atoms with E-state index in [-0.39, 0.29) is 24.2 Å². The number of fused-ring (bicyclic) bond motifs is 1. The van der Waals surface area contributed by atoms with Gasteiger partial charge < -0.3 is 15.8 Å². The largest absolute Gasteiger partial charge is 0.492 e. The predicted octanol–water partition coefficient (Wildman–Crippen LogP) is 2.23. The first-order chi connectivity index (χ1) is 10.8. The molecule has 1 atom stereocenters.